The molecule has 0 amide bonds. The van der Waals surface area contributed by atoms with Crippen molar-refractivity contribution in [2.75, 3.05) is 0 Å². The van der Waals surface area contributed by atoms with Crippen LogP contribution in [0.1, 0.15) is 25.5 Å². The van der Waals surface area contributed by atoms with E-state index in [0.717, 1.165) is 25.1 Å². The largest absolute Gasteiger partial charge is 0.480 e. The van der Waals surface area contributed by atoms with Crippen LogP contribution in [0.15, 0.2) is 12.5 Å². The molecule has 1 unspecified atom stereocenters. The monoisotopic (exact) mass is 209 g/mol. The van der Waals surface area contributed by atoms with Gasteiger partial charge in [-0.2, -0.15) is 0 Å². The summed E-state index contributed by atoms with van der Waals surface area (Å²) in [6.45, 7) is 2.80. The SMILES string of the molecule is CCn1cncc1C1(C(N)C(=O)O)CC1. The van der Waals surface area contributed by atoms with E-state index in [1.165, 1.54) is 0 Å². The normalized spacial score (nSPS) is 19.9. The molecule has 1 aromatic heterocycles. The number of nitrogens with two attached hydrogens (primary N) is 1. The zero-order valence-corrected chi connectivity index (χ0v) is 8.68. The third kappa shape index (κ3) is 1.43. The number of hydrogen-bond acceptors (Lipinski definition) is 3. The Labute approximate surface area is 87.9 Å². The van der Waals surface area contributed by atoms with Crippen LogP contribution in [0, 0.1) is 0 Å². The topological polar surface area (TPSA) is 81.1 Å². The third-order valence-electron chi connectivity index (χ3n) is 3.21. The Balaban J connectivity index is 2.34. The maximum Gasteiger partial charge on any atom is 0.321 e. The Morgan fingerprint density at radius 1 is 1.80 bits per heavy atom. The molecule has 0 aromatic carbocycles. The summed E-state index contributed by atoms with van der Waals surface area (Å²) in [5.74, 6) is -0.934. The zero-order valence-electron chi connectivity index (χ0n) is 8.68. The molecule has 15 heavy (non-hydrogen) atoms. The van der Waals surface area contributed by atoms with Gasteiger partial charge in [0, 0.05) is 23.9 Å². The molecule has 1 aliphatic carbocycles. The number of aromatic nitrogens is 2. The van der Waals surface area contributed by atoms with Crippen molar-refractivity contribution in [3.63, 3.8) is 0 Å². The van der Waals surface area contributed by atoms with E-state index in [1.54, 1.807) is 12.5 Å². The van der Waals surface area contributed by atoms with Gasteiger partial charge < -0.3 is 15.4 Å². The van der Waals surface area contributed by atoms with Crippen molar-refractivity contribution < 1.29 is 9.90 Å². The molecule has 0 aliphatic heterocycles. The minimum Gasteiger partial charge on any atom is -0.480 e. The second-order valence-electron chi connectivity index (χ2n) is 4.04. The highest BCUT2D eigenvalue weighted by molar-refractivity contribution is 5.76. The van der Waals surface area contributed by atoms with Gasteiger partial charge in [0.1, 0.15) is 6.04 Å². The first kappa shape index (κ1) is 10.2. The maximum absolute atomic E-state index is 10.9. The van der Waals surface area contributed by atoms with Gasteiger partial charge in [-0.15, -0.1) is 0 Å². The van der Waals surface area contributed by atoms with Crippen LogP contribution in [0.2, 0.25) is 0 Å². The quantitative estimate of drug-likeness (QED) is 0.749. The number of aliphatic carboxylic acids is 1. The average Bonchev–Trinajstić information content (AvgIpc) is 2.88. The van der Waals surface area contributed by atoms with E-state index in [4.69, 9.17) is 10.8 Å². The van der Waals surface area contributed by atoms with Gasteiger partial charge in [-0.3, -0.25) is 4.79 Å². The first-order valence-electron chi connectivity index (χ1n) is 5.11. The number of aryl methyl sites for hydroxylation is 1. The number of imidazole rings is 1. The van der Waals surface area contributed by atoms with E-state index in [0.29, 0.717) is 0 Å². The second-order valence-corrected chi connectivity index (χ2v) is 4.04. The van der Waals surface area contributed by atoms with Gasteiger partial charge in [0.2, 0.25) is 0 Å². The molecule has 82 valence electrons. The molecular formula is C10H15N3O2. The molecule has 0 spiro atoms. The molecule has 1 aliphatic rings. The van der Waals surface area contributed by atoms with Crippen LogP contribution in [0.4, 0.5) is 0 Å². The van der Waals surface area contributed by atoms with Crippen LogP contribution >= 0.6 is 0 Å². The standard InChI is InChI=1S/C10H15N3O2/c1-2-13-6-12-5-7(13)10(3-4-10)8(11)9(14)15/h5-6,8H,2-4,11H2,1H3,(H,14,15). The summed E-state index contributed by atoms with van der Waals surface area (Å²) in [6, 6.07) is -0.820. The molecule has 3 N–H and O–H groups in total. The van der Waals surface area contributed by atoms with Crippen LogP contribution in [0.3, 0.4) is 0 Å². The van der Waals surface area contributed by atoms with Crippen LogP contribution < -0.4 is 5.73 Å². The van der Waals surface area contributed by atoms with Crippen LogP contribution in [0.5, 0.6) is 0 Å². The van der Waals surface area contributed by atoms with Crippen molar-refractivity contribution in [1.82, 2.24) is 9.55 Å². The lowest BCUT2D eigenvalue weighted by molar-refractivity contribution is -0.139. The number of hydrogen-bond donors (Lipinski definition) is 2. The van der Waals surface area contributed by atoms with Gasteiger partial charge in [-0.25, -0.2) is 4.98 Å². The van der Waals surface area contributed by atoms with Crippen molar-refractivity contribution in [2.45, 2.75) is 37.8 Å². The van der Waals surface area contributed by atoms with Crippen molar-refractivity contribution >= 4 is 5.97 Å². The molecule has 0 bridgehead atoms. The number of nitrogens with zero attached hydrogens (tertiary/aromatic N) is 2. The van der Waals surface area contributed by atoms with Gasteiger partial charge in [-0.05, 0) is 19.8 Å². The van der Waals surface area contributed by atoms with Gasteiger partial charge >= 0.3 is 5.97 Å². The lowest BCUT2D eigenvalue weighted by atomic mass is 9.93. The Kier molecular flexibility index (Phi) is 2.26. The predicted molar refractivity (Wildman–Crippen MR) is 54.4 cm³/mol. The summed E-state index contributed by atoms with van der Waals surface area (Å²) in [7, 11) is 0. The Bertz CT molecular complexity index is 382. The molecule has 5 heteroatoms. The second kappa shape index (κ2) is 3.34. The van der Waals surface area contributed by atoms with Crippen LogP contribution in [-0.2, 0) is 16.8 Å². The Morgan fingerprint density at radius 3 is 2.93 bits per heavy atom. The first-order chi connectivity index (χ1) is 7.12. The minimum atomic E-state index is -0.934. The lowest BCUT2D eigenvalue weighted by Crippen LogP contribution is -2.42. The number of carboxylic acid groups (broad SMARTS) is 1. The van der Waals surface area contributed by atoms with Gasteiger partial charge in [0.25, 0.3) is 0 Å². The van der Waals surface area contributed by atoms with Gasteiger partial charge in [0.05, 0.1) is 6.33 Å². The summed E-state index contributed by atoms with van der Waals surface area (Å²) in [5, 5.41) is 8.97. The molecule has 0 radical (unpaired) electrons. The highest BCUT2D eigenvalue weighted by Gasteiger charge is 2.54. The van der Waals surface area contributed by atoms with E-state index in [1.807, 2.05) is 11.5 Å². The summed E-state index contributed by atoms with van der Waals surface area (Å²) < 4.78 is 1.97. The van der Waals surface area contributed by atoms with E-state index in [-0.39, 0.29) is 5.41 Å². The van der Waals surface area contributed by atoms with Crippen LogP contribution in [0.25, 0.3) is 0 Å². The summed E-state index contributed by atoms with van der Waals surface area (Å²) in [4.78, 5) is 15.0. The zero-order chi connectivity index (χ0) is 11.1. The van der Waals surface area contributed by atoms with Crippen molar-refractivity contribution in [1.29, 1.82) is 0 Å². The van der Waals surface area contributed by atoms with Crippen molar-refractivity contribution in [3.05, 3.63) is 18.2 Å². The van der Waals surface area contributed by atoms with Gasteiger partial charge in [0.15, 0.2) is 0 Å². The predicted octanol–water partition coefficient (Wildman–Crippen LogP) is 0.346. The summed E-state index contributed by atoms with van der Waals surface area (Å²) >= 11 is 0. The summed E-state index contributed by atoms with van der Waals surface area (Å²) in [5.41, 5.74) is 6.31. The van der Waals surface area contributed by atoms with E-state index in [2.05, 4.69) is 4.98 Å². The van der Waals surface area contributed by atoms with E-state index < -0.39 is 12.0 Å². The molecule has 1 saturated carbocycles. The molecule has 5 nitrogen and oxygen atoms in total. The van der Waals surface area contributed by atoms with Crippen molar-refractivity contribution in [3.8, 4) is 0 Å². The highest BCUT2D eigenvalue weighted by atomic mass is 16.4. The molecule has 1 atom stereocenters. The summed E-state index contributed by atoms with van der Waals surface area (Å²) in [6.07, 6.45) is 5.14. The molecule has 0 saturated heterocycles. The van der Waals surface area contributed by atoms with Crippen molar-refractivity contribution in [2.24, 2.45) is 5.73 Å². The lowest BCUT2D eigenvalue weighted by Gasteiger charge is -2.20. The minimum absolute atomic E-state index is 0.377. The maximum atomic E-state index is 10.9. The molecule has 1 heterocycles. The molecule has 2 rings (SSSR count). The highest BCUT2D eigenvalue weighted by Crippen LogP contribution is 2.50. The number of carboxylic acids is 1. The fourth-order valence-corrected chi connectivity index (χ4v) is 2.08. The fourth-order valence-electron chi connectivity index (χ4n) is 2.08. The molecular weight excluding hydrogens is 194 g/mol. The molecule has 1 fully saturated rings. The number of carbonyl (C=O) groups is 1. The first-order valence-corrected chi connectivity index (χ1v) is 5.11. The average molecular weight is 209 g/mol. The Hall–Kier alpha value is -1.36. The number of rotatable bonds is 4. The smallest absolute Gasteiger partial charge is 0.321 e. The van der Waals surface area contributed by atoms with E-state index >= 15 is 0 Å². The third-order valence-corrected chi connectivity index (χ3v) is 3.21. The van der Waals surface area contributed by atoms with Crippen LogP contribution in [-0.4, -0.2) is 26.7 Å². The molecule has 1 aromatic rings. The Morgan fingerprint density at radius 2 is 2.47 bits per heavy atom. The van der Waals surface area contributed by atoms with E-state index in [9.17, 15) is 4.79 Å². The fraction of sp³-hybridized carbons (Fsp3) is 0.600. The van der Waals surface area contributed by atoms with Gasteiger partial charge in [-0.1, -0.05) is 0 Å².